The monoisotopic (exact) mass is 410 g/mol. The summed E-state index contributed by atoms with van der Waals surface area (Å²) in [4.78, 5) is 13.0. The fourth-order valence-corrected chi connectivity index (χ4v) is 4.14. The van der Waals surface area contributed by atoms with Gasteiger partial charge in [0.15, 0.2) is 6.61 Å². The number of nitrogens with zero attached hydrogens (tertiary/aromatic N) is 1. The third kappa shape index (κ3) is 6.65. The molecule has 7 heteroatoms. The van der Waals surface area contributed by atoms with Crippen molar-refractivity contribution in [3.63, 3.8) is 0 Å². The molecule has 23 heavy (non-hydrogen) atoms. The van der Waals surface area contributed by atoms with E-state index in [1.807, 2.05) is 12.1 Å². The molecule has 0 aliphatic heterocycles. The van der Waals surface area contributed by atoms with E-state index in [1.165, 1.54) is 4.88 Å². The summed E-state index contributed by atoms with van der Waals surface area (Å²) in [5, 5.41) is 11.5. The minimum Gasteiger partial charge on any atom is -0.484 e. The van der Waals surface area contributed by atoms with Gasteiger partial charge >= 0.3 is 0 Å². The Balaban J connectivity index is 1.57. The SMILES string of the molecule is N#Cc1ccc(OCC(=O)NCCSCc2ccc(Br)s2)cc1. The summed E-state index contributed by atoms with van der Waals surface area (Å²) < 4.78 is 6.50. The highest BCUT2D eigenvalue weighted by Gasteiger charge is 2.03. The molecule has 1 aromatic heterocycles. The zero-order valence-corrected chi connectivity index (χ0v) is 15.5. The molecule has 0 saturated heterocycles. The zero-order chi connectivity index (χ0) is 16.5. The Labute approximate surface area is 152 Å². The molecule has 0 spiro atoms. The maximum atomic E-state index is 11.7. The highest BCUT2D eigenvalue weighted by molar-refractivity contribution is 9.11. The number of carbonyl (C=O) groups is 1. The Kier molecular flexibility index (Phi) is 7.46. The summed E-state index contributed by atoms with van der Waals surface area (Å²) in [6.45, 7) is 0.598. The summed E-state index contributed by atoms with van der Waals surface area (Å²) in [6.07, 6.45) is 0. The number of thiophene rings is 1. The Morgan fingerprint density at radius 2 is 2.09 bits per heavy atom. The second-order valence-electron chi connectivity index (χ2n) is 4.53. The van der Waals surface area contributed by atoms with Crippen molar-refractivity contribution in [2.24, 2.45) is 0 Å². The third-order valence-corrected chi connectivity index (χ3v) is 5.61. The van der Waals surface area contributed by atoms with Crippen molar-refractivity contribution >= 4 is 44.9 Å². The van der Waals surface area contributed by atoms with Crippen LogP contribution in [0, 0.1) is 11.3 Å². The predicted molar refractivity (Wildman–Crippen MR) is 97.8 cm³/mol. The van der Waals surface area contributed by atoms with E-state index in [-0.39, 0.29) is 12.5 Å². The molecule has 0 unspecified atom stereocenters. The molecule has 1 N–H and O–H groups in total. The molecule has 0 atom stereocenters. The Bertz CT molecular complexity index is 680. The van der Waals surface area contributed by atoms with Gasteiger partial charge in [-0.2, -0.15) is 17.0 Å². The molecule has 0 bridgehead atoms. The van der Waals surface area contributed by atoms with E-state index in [9.17, 15) is 4.79 Å². The lowest BCUT2D eigenvalue weighted by Crippen LogP contribution is -2.30. The van der Waals surface area contributed by atoms with Crippen LogP contribution in [0.5, 0.6) is 5.75 Å². The number of rotatable bonds is 8. The quantitative estimate of drug-likeness (QED) is 0.671. The molecule has 1 aromatic carbocycles. The number of hydrogen-bond donors (Lipinski definition) is 1. The lowest BCUT2D eigenvalue weighted by Gasteiger charge is -2.07. The maximum absolute atomic E-state index is 11.7. The summed E-state index contributed by atoms with van der Waals surface area (Å²) >= 11 is 6.95. The van der Waals surface area contributed by atoms with Gasteiger partial charge in [-0.05, 0) is 52.3 Å². The van der Waals surface area contributed by atoms with Crippen molar-refractivity contribution in [3.8, 4) is 11.8 Å². The molecule has 4 nitrogen and oxygen atoms in total. The molecule has 1 amide bonds. The van der Waals surface area contributed by atoms with Gasteiger partial charge in [-0.3, -0.25) is 4.79 Å². The van der Waals surface area contributed by atoms with Gasteiger partial charge in [-0.15, -0.1) is 11.3 Å². The average Bonchev–Trinajstić information content (AvgIpc) is 2.98. The van der Waals surface area contributed by atoms with Crippen molar-refractivity contribution in [1.82, 2.24) is 5.32 Å². The Morgan fingerprint density at radius 1 is 1.30 bits per heavy atom. The summed E-state index contributed by atoms with van der Waals surface area (Å²) in [5.74, 6) is 2.25. The van der Waals surface area contributed by atoms with E-state index in [0.29, 0.717) is 17.9 Å². The molecular weight excluding hydrogens is 396 g/mol. The number of benzene rings is 1. The van der Waals surface area contributed by atoms with Gasteiger partial charge in [-0.25, -0.2) is 0 Å². The van der Waals surface area contributed by atoms with Crippen LogP contribution in [0.25, 0.3) is 0 Å². The van der Waals surface area contributed by atoms with Gasteiger partial charge < -0.3 is 10.1 Å². The average molecular weight is 411 g/mol. The summed E-state index contributed by atoms with van der Waals surface area (Å²) in [7, 11) is 0. The van der Waals surface area contributed by atoms with Crippen molar-refractivity contribution < 1.29 is 9.53 Å². The van der Waals surface area contributed by atoms with E-state index in [1.54, 1.807) is 47.4 Å². The van der Waals surface area contributed by atoms with Gasteiger partial charge in [-0.1, -0.05) is 0 Å². The standard InChI is InChI=1S/C16H15BrN2O2S2/c17-15-6-5-14(23-15)11-22-8-7-19-16(20)10-21-13-3-1-12(9-18)2-4-13/h1-6H,7-8,10-11H2,(H,19,20). The van der Waals surface area contributed by atoms with Gasteiger partial charge in [0, 0.05) is 22.9 Å². The van der Waals surface area contributed by atoms with Gasteiger partial charge in [0.1, 0.15) is 5.75 Å². The second kappa shape index (κ2) is 9.60. The molecule has 0 aliphatic carbocycles. The largest absolute Gasteiger partial charge is 0.484 e. The molecule has 2 aromatic rings. The minimum absolute atomic E-state index is 0.0194. The van der Waals surface area contributed by atoms with E-state index in [2.05, 4.69) is 27.3 Å². The fourth-order valence-electron chi connectivity index (χ4n) is 1.69. The molecule has 0 saturated carbocycles. The van der Waals surface area contributed by atoms with E-state index >= 15 is 0 Å². The van der Waals surface area contributed by atoms with Gasteiger partial charge in [0.05, 0.1) is 15.4 Å². The zero-order valence-electron chi connectivity index (χ0n) is 12.3. The minimum atomic E-state index is -0.145. The van der Waals surface area contributed by atoms with E-state index in [4.69, 9.17) is 10.00 Å². The number of amides is 1. The number of nitriles is 1. The maximum Gasteiger partial charge on any atom is 0.257 e. The highest BCUT2D eigenvalue weighted by Crippen LogP contribution is 2.25. The molecule has 0 radical (unpaired) electrons. The van der Waals surface area contributed by atoms with Crippen LogP contribution in [0.2, 0.25) is 0 Å². The highest BCUT2D eigenvalue weighted by atomic mass is 79.9. The first-order chi connectivity index (χ1) is 11.2. The number of thioether (sulfide) groups is 1. The van der Waals surface area contributed by atoms with Crippen LogP contribution in [0.4, 0.5) is 0 Å². The van der Waals surface area contributed by atoms with Crippen LogP contribution in [-0.4, -0.2) is 24.8 Å². The van der Waals surface area contributed by atoms with Crippen molar-refractivity contribution in [2.45, 2.75) is 5.75 Å². The third-order valence-electron chi connectivity index (χ3n) is 2.80. The smallest absolute Gasteiger partial charge is 0.257 e. The van der Waals surface area contributed by atoms with E-state index < -0.39 is 0 Å². The number of carbonyl (C=O) groups excluding carboxylic acids is 1. The lowest BCUT2D eigenvalue weighted by atomic mass is 10.2. The summed E-state index contributed by atoms with van der Waals surface area (Å²) in [6, 6.07) is 12.9. The van der Waals surface area contributed by atoms with Gasteiger partial charge in [0.25, 0.3) is 5.91 Å². The molecule has 120 valence electrons. The Morgan fingerprint density at radius 3 is 2.74 bits per heavy atom. The van der Waals surface area contributed by atoms with E-state index in [0.717, 1.165) is 15.3 Å². The number of ether oxygens (including phenoxy) is 1. The Hall–Kier alpha value is -1.49. The number of hydrogen-bond acceptors (Lipinski definition) is 5. The van der Waals surface area contributed by atoms with Crippen LogP contribution >= 0.6 is 39.0 Å². The topological polar surface area (TPSA) is 62.1 Å². The van der Waals surface area contributed by atoms with Gasteiger partial charge in [0.2, 0.25) is 0 Å². The molecular formula is C16H15BrN2O2S2. The van der Waals surface area contributed by atoms with Crippen LogP contribution in [0.3, 0.4) is 0 Å². The van der Waals surface area contributed by atoms with Crippen molar-refractivity contribution in [2.75, 3.05) is 18.9 Å². The molecule has 0 aliphatic rings. The van der Waals surface area contributed by atoms with Crippen LogP contribution < -0.4 is 10.1 Å². The number of halogens is 1. The van der Waals surface area contributed by atoms with Crippen LogP contribution in [0.15, 0.2) is 40.2 Å². The predicted octanol–water partition coefficient (Wildman–Crippen LogP) is 3.81. The van der Waals surface area contributed by atoms with Crippen LogP contribution in [0.1, 0.15) is 10.4 Å². The van der Waals surface area contributed by atoms with Crippen molar-refractivity contribution in [1.29, 1.82) is 5.26 Å². The molecule has 1 heterocycles. The molecule has 2 rings (SSSR count). The first kappa shape index (κ1) is 17.9. The first-order valence-corrected chi connectivity index (χ1v) is 9.65. The van der Waals surface area contributed by atoms with Crippen molar-refractivity contribution in [3.05, 3.63) is 50.6 Å². The molecule has 0 fully saturated rings. The normalized spacial score (nSPS) is 10.1. The summed E-state index contributed by atoms with van der Waals surface area (Å²) in [5.41, 5.74) is 0.566. The first-order valence-electron chi connectivity index (χ1n) is 6.89. The van der Waals surface area contributed by atoms with Crippen LogP contribution in [-0.2, 0) is 10.5 Å². The number of nitrogens with one attached hydrogen (secondary N) is 1. The second-order valence-corrected chi connectivity index (χ2v) is 8.19. The fraction of sp³-hybridized carbons (Fsp3) is 0.250. The lowest BCUT2D eigenvalue weighted by molar-refractivity contribution is -0.122.